The van der Waals surface area contributed by atoms with Crippen molar-refractivity contribution in [3.63, 3.8) is 0 Å². The first-order valence-corrected chi connectivity index (χ1v) is 9.18. The van der Waals surface area contributed by atoms with Crippen LogP contribution in [0.1, 0.15) is 24.0 Å². The largest absolute Gasteiger partial charge is 0.349 e. The summed E-state index contributed by atoms with van der Waals surface area (Å²) in [6.07, 6.45) is 6.68. The highest BCUT2D eigenvalue weighted by Gasteiger charge is 2.31. The van der Waals surface area contributed by atoms with Crippen molar-refractivity contribution >= 4 is 5.82 Å². The van der Waals surface area contributed by atoms with Crippen LogP contribution >= 0.6 is 0 Å². The van der Waals surface area contributed by atoms with Gasteiger partial charge in [0.2, 0.25) is 0 Å². The molecule has 0 N–H and O–H groups in total. The number of hydrogen-bond acceptors (Lipinski definition) is 3. The van der Waals surface area contributed by atoms with E-state index in [9.17, 15) is 4.79 Å². The number of para-hydroxylation sites is 1. The molecule has 1 fully saturated rings. The molecule has 0 unspecified atom stereocenters. The maximum absolute atomic E-state index is 13.2. The lowest BCUT2D eigenvalue weighted by Crippen LogP contribution is -2.36. The summed E-state index contributed by atoms with van der Waals surface area (Å²) in [4.78, 5) is 19.8. The summed E-state index contributed by atoms with van der Waals surface area (Å²) in [6, 6.07) is 18.8. The Morgan fingerprint density at radius 1 is 1.08 bits per heavy atom. The summed E-state index contributed by atoms with van der Waals surface area (Å²) in [7, 11) is 0. The number of nitrogens with zero attached hydrogens (tertiary/aromatic N) is 3. The van der Waals surface area contributed by atoms with Gasteiger partial charge in [0.15, 0.2) is 5.82 Å². The Bertz CT molecular complexity index is 945. The highest BCUT2D eigenvalue weighted by atomic mass is 16.1. The molecule has 26 heavy (non-hydrogen) atoms. The van der Waals surface area contributed by atoms with Gasteiger partial charge in [0, 0.05) is 25.0 Å². The van der Waals surface area contributed by atoms with Gasteiger partial charge < -0.3 is 4.90 Å². The molecule has 1 saturated carbocycles. The fourth-order valence-electron chi connectivity index (χ4n) is 3.36. The van der Waals surface area contributed by atoms with Crippen molar-refractivity contribution < 1.29 is 0 Å². The van der Waals surface area contributed by atoms with Gasteiger partial charge in [-0.2, -0.15) is 0 Å². The summed E-state index contributed by atoms with van der Waals surface area (Å²) < 4.78 is 1.72. The minimum Gasteiger partial charge on any atom is -0.349 e. The van der Waals surface area contributed by atoms with Crippen LogP contribution in [0.25, 0.3) is 5.69 Å². The van der Waals surface area contributed by atoms with Crippen LogP contribution < -0.4 is 10.5 Å². The summed E-state index contributed by atoms with van der Waals surface area (Å²) >= 11 is 0. The average molecular weight is 345 g/mol. The van der Waals surface area contributed by atoms with Crippen molar-refractivity contribution in [2.45, 2.75) is 32.2 Å². The predicted molar refractivity (Wildman–Crippen MR) is 105 cm³/mol. The Kier molecular flexibility index (Phi) is 4.57. The van der Waals surface area contributed by atoms with Crippen LogP contribution in [0.15, 0.2) is 71.8 Å². The van der Waals surface area contributed by atoms with Crippen LogP contribution in [0.5, 0.6) is 0 Å². The highest BCUT2D eigenvalue weighted by molar-refractivity contribution is 5.45. The molecule has 0 spiro atoms. The lowest BCUT2D eigenvalue weighted by atomic mass is 10.1. The van der Waals surface area contributed by atoms with Crippen molar-refractivity contribution in [3.8, 4) is 5.69 Å². The van der Waals surface area contributed by atoms with E-state index in [1.54, 1.807) is 17.0 Å². The fourth-order valence-corrected chi connectivity index (χ4v) is 3.36. The van der Waals surface area contributed by atoms with Crippen LogP contribution in [-0.4, -0.2) is 22.1 Å². The second kappa shape index (κ2) is 7.16. The molecule has 1 aliphatic rings. The summed E-state index contributed by atoms with van der Waals surface area (Å²) in [6.45, 7) is 2.84. The van der Waals surface area contributed by atoms with Crippen LogP contribution in [0, 0.1) is 6.92 Å². The Morgan fingerprint density at radius 3 is 2.54 bits per heavy atom. The number of rotatable bonds is 6. The van der Waals surface area contributed by atoms with Gasteiger partial charge in [-0.15, -0.1) is 0 Å². The molecule has 1 aliphatic carbocycles. The van der Waals surface area contributed by atoms with E-state index in [2.05, 4.69) is 34.1 Å². The van der Waals surface area contributed by atoms with Crippen LogP contribution in [0.3, 0.4) is 0 Å². The molecule has 1 heterocycles. The van der Waals surface area contributed by atoms with Crippen LogP contribution in [0.4, 0.5) is 5.82 Å². The van der Waals surface area contributed by atoms with Gasteiger partial charge in [-0.05, 0) is 43.4 Å². The smallest absolute Gasteiger partial charge is 0.298 e. The number of benzene rings is 2. The lowest BCUT2D eigenvalue weighted by Gasteiger charge is -2.23. The molecular weight excluding hydrogens is 322 g/mol. The molecule has 4 nitrogen and oxygen atoms in total. The molecule has 4 rings (SSSR count). The number of anilines is 1. The van der Waals surface area contributed by atoms with Gasteiger partial charge in [-0.25, -0.2) is 4.98 Å². The van der Waals surface area contributed by atoms with E-state index in [4.69, 9.17) is 0 Å². The minimum atomic E-state index is -0.0400. The van der Waals surface area contributed by atoms with Crippen molar-refractivity contribution in [2.24, 2.45) is 0 Å². The van der Waals surface area contributed by atoms with E-state index in [0.29, 0.717) is 11.9 Å². The standard InChI is InChI=1S/C22H23N3O/c1-17-7-5-6-10-20(17)25-16-14-23-21(22(25)26)24(19-11-12-19)15-13-18-8-3-2-4-9-18/h2-10,14,16,19H,11-13,15H2,1H3. The summed E-state index contributed by atoms with van der Waals surface area (Å²) in [5, 5.41) is 0. The predicted octanol–water partition coefficient (Wildman–Crippen LogP) is 3.75. The molecule has 1 aromatic heterocycles. The molecule has 132 valence electrons. The third-order valence-corrected chi connectivity index (χ3v) is 4.94. The van der Waals surface area contributed by atoms with Gasteiger partial charge in [0.05, 0.1) is 5.69 Å². The first-order valence-electron chi connectivity index (χ1n) is 9.18. The third kappa shape index (κ3) is 3.40. The summed E-state index contributed by atoms with van der Waals surface area (Å²) in [5.41, 5.74) is 3.24. The normalized spacial score (nSPS) is 13.6. The van der Waals surface area contributed by atoms with E-state index in [1.165, 1.54) is 5.56 Å². The Hall–Kier alpha value is -2.88. The van der Waals surface area contributed by atoms with Crippen LogP contribution in [-0.2, 0) is 6.42 Å². The Morgan fingerprint density at radius 2 is 1.81 bits per heavy atom. The fraction of sp³-hybridized carbons (Fsp3) is 0.273. The molecule has 0 bridgehead atoms. The van der Waals surface area contributed by atoms with E-state index in [0.717, 1.165) is 37.1 Å². The maximum Gasteiger partial charge on any atom is 0.298 e. The number of aryl methyl sites for hydroxylation is 1. The molecule has 0 atom stereocenters. The monoisotopic (exact) mass is 345 g/mol. The first kappa shape index (κ1) is 16.6. The zero-order valence-electron chi connectivity index (χ0n) is 15.0. The number of aromatic nitrogens is 2. The molecular formula is C22H23N3O. The minimum absolute atomic E-state index is 0.0400. The Labute approximate surface area is 153 Å². The Balaban J connectivity index is 1.66. The van der Waals surface area contributed by atoms with Crippen molar-refractivity contribution in [3.05, 3.63) is 88.5 Å². The second-order valence-electron chi connectivity index (χ2n) is 6.87. The van der Waals surface area contributed by atoms with Gasteiger partial charge >= 0.3 is 0 Å². The molecule has 0 amide bonds. The third-order valence-electron chi connectivity index (χ3n) is 4.94. The van der Waals surface area contributed by atoms with Crippen molar-refractivity contribution in [2.75, 3.05) is 11.4 Å². The van der Waals surface area contributed by atoms with Gasteiger partial charge in [-0.3, -0.25) is 9.36 Å². The van der Waals surface area contributed by atoms with Gasteiger partial charge in [0.1, 0.15) is 0 Å². The van der Waals surface area contributed by atoms with Gasteiger partial charge in [0.25, 0.3) is 5.56 Å². The molecule has 0 saturated heterocycles. The van der Waals surface area contributed by atoms with Crippen LogP contribution in [0.2, 0.25) is 0 Å². The van der Waals surface area contributed by atoms with Crippen molar-refractivity contribution in [1.82, 2.24) is 9.55 Å². The second-order valence-corrected chi connectivity index (χ2v) is 6.87. The summed E-state index contributed by atoms with van der Waals surface area (Å²) in [5.74, 6) is 0.564. The quantitative estimate of drug-likeness (QED) is 0.683. The van der Waals surface area contributed by atoms with Gasteiger partial charge in [-0.1, -0.05) is 48.5 Å². The number of hydrogen-bond donors (Lipinski definition) is 0. The SMILES string of the molecule is Cc1ccccc1-n1ccnc(N(CCc2ccccc2)C2CC2)c1=O. The molecule has 0 radical (unpaired) electrons. The molecule has 2 aromatic carbocycles. The average Bonchev–Trinajstić information content (AvgIpc) is 3.50. The zero-order valence-corrected chi connectivity index (χ0v) is 15.0. The topological polar surface area (TPSA) is 38.1 Å². The zero-order chi connectivity index (χ0) is 17.9. The maximum atomic E-state index is 13.2. The van der Waals surface area contributed by atoms with E-state index >= 15 is 0 Å². The van der Waals surface area contributed by atoms with Crippen molar-refractivity contribution in [1.29, 1.82) is 0 Å². The molecule has 4 heteroatoms. The molecule has 3 aromatic rings. The molecule has 0 aliphatic heterocycles. The first-order chi connectivity index (χ1) is 12.7. The lowest BCUT2D eigenvalue weighted by molar-refractivity contribution is 0.747. The van der Waals surface area contributed by atoms with E-state index in [1.807, 2.05) is 37.3 Å². The highest BCUT2D eigenvalue weighted by Crippen LogP contribution is 2.29. The van der Waals surface area contributed by atoms with E-state index in [-0.39, 0.29) is 5.56 Å². The van der Waals surface area contributed by atoms with E-state index < -0.39 is 0 Å².